The number of hydrogen-bond donors (Lipinski definition) is 0. The Kier molecular flexibility index (Phi) is 4.91. The molecule has 0 amide bonds. The highest BCUT2D eigenvalue weighted by atomic mass is 16.1. The van der Waals surface area contributed by atoms with Crippen molar-refractivity contribution in [3.63, 3.8) is 0 Å². The van der Waals surface area contributed by atoms with Gasteiger partial charge < -0.3 is 4.79 Å². The van der Waals surface area contributed by atoms with E-state index < -0.39 is 0 Å². The maximum atomic E-state index is 9.93. The first-order valence-corrected chi connectivity index (χ1v) is 3.79. The van der Waals surface area contributed by atoms with Gasteiger partial charge in [-0.05, 0) is 18.8 Å². The normalized spacial score (nSPS) is 9.90. The Bertz CT molecular complexity index is 114. The van der Waals surface area contributed by atoms with Gasteiger partial charge in [0.05, 0.1) is 0 Å². The average Bonchev–Trinajstić information content (AvgIpc) is 1.88. The summed E-state index contributed by atoms with van der Waals surface area (Å²) in [4.78, 5) is 9.93. The Hall–Kier alpha value is -0.590. The number of hydrogen-bond acceptors (Lipinski definition) is 1. The maximum absolute atomic E-state index is 9.93. The molecule has 0 unspecified atom stereocenters. The second kappa shape index (κ2) is 5.21. The van der Waals surface area contributed by atoms with Gasteiger partial charge in [0, 0.05) is 6.42 Å². The van der Waals surface area contributed by atoms with Gasteiger partial charge in [0.1, 0.15) is 6.29 Å². The van der Waals surface area contributed by atoms with E-state index in [-0.39, 0.29) is 0 Å². The summed E-state index contributed by atoms with van der Waals surface area (Å²) in [5, 5.41) is 0. The predicted molar refractivity (Wildman–Crippen MR) is 43.9 cm³/mol. The second-order valence-corrected chi connectivity index (χ2v) is 2.87. The molecule has 0 N–H and O–H groups in total. The summed E-state index contributed by atoms with van der Waals surface area (Å²) in [5.41, 5.74) is 1.25. The molecule has 0 rings (SSSR count). The summed E-state index contributed by atoms with van der Waals surface area (Å²) in [7, 11) is 0. The molecule has 0 aliphatic rings. The molecule has 0 spiro atoms. The van der Waals surface area contributed by atoms with Crippen LogP contribution in [0.5, 0.6) is 0 Å². The van der Waals surface area contributed by atoms with Crippen molar-refractivity contribution in [1.82, 2.24) is 0 Å². The van der Waals surface area contributed by atoms with Gasteiger partial charge in [0.25, 0.3) is 0 Å². The number of carbonyl (C=O) groups is 1. The van der Waals surface area contributed by atoms with Crippen molar-refractivity contribution in [2.24, 2.45) is 5.92 Å². The molecule has 1 nitrogen and oxygen atoms in total. The first-order chi connectivity index (χ1) is 4.68. The van der Waals surface area contributed by atoms with E-state index in [2.05, 4.69) is 20.4 Å². The third kappa shape index (κ3) is 4.30. The lowest BCUT2D eigenvalue weighted by atomic mass is 10.00. The summed E-state index contributed by atoms with van der Waals surface area (Å²) in [6.07, 6.45) is 3.59. The Balaban J connectivity index is 3.30. The molecule has 1 heteroatoms. The van der Waals surface area contributed by atoms with Gasteiger partial charge in [-0.25, -0.2) is 0 Å². The zero-order chi connectivity index (χ0) is 7.98. The standard InChI is InChI=1S/C9H16O/c1-8(2)9(3)6-4-5-7-10/h7-8H,3-6H2,1-2H3. The summed E-state index contributed by atoms with van der Waals surface area (Å²) in [5.74, 6) is 0.562. The van der Waals surface area contributed by atoms with Crippen molar-refractivity contribution < 1.29 is 4.79 Å². The number of unbranched alkanes of at least 4 members (excludes halogenated alkanes) is 1. The van der Waals surface area contributed by atoms with Crippen molar-refractivity contribution in [2.45, 2.75) is 33.1 Å². The molecule has 58 valence electrons. The van der Waals surface area contributed by atoms with E-state index in [1.54, 1.807) is 0 Å². The van der Waals surface area contributed by atoms with E-state index in [0.29, 0.717) is 12.3 Å². The topological polar surface area (TPSA) is 17.1 Å². The van der Waals surface area contributed by atoms with Gasteiger partial charge in [0.15, 0.2) is 0 Å². The SMILES string of the molecule is C=C(CCCC=O)C(C)C. The van der Waals surface area contributed by atoms with Crippen LogP contribution in [-0.2, 0) is 4.79 Å². The van der Waals surface area contributed by atoms with Crippen LogP contribution in [0.15, 0.2) is 12.2 Å². The predicted octanol–water partition coefficient (Wildman–Crippen LogP) is 2.57. The molecule has 0 aliphatic heterocycles. The fourth-order valence-electron chi connectivity index (χ4n) is 0.701. The van der Waals surface area contributed by atoms with Gasteiger partial charge in [-0.3, -0.25) is 0 Å². The molecule has 0 atom stereocenters. The first-order valence-electron chi connectivity index (χ1n) is 3.79. The minimum absolute atomic E-state index is 0.562. The average molecular weight is 140 g/mol. The number of carbonyl (C=O) groups excluding carboxylic acids is 1. The highest BCUT2D eigenvalue weighted by Crippen LogP contribution is 2.13. The number of aldehydes is 1. The molecule has 0 aliphatic carbocycles. The summed E-state index contributed by atoms with van der Waals surface area (Å²) < 4.78 is 0. The van der Waals surface area contributed by atoms with E-state index >= 15 is 0 Å². The molecular weight excluding hydrogens is 124 g/mol. The van der Waals surface area contributed by atoms with Gasteiger partial charge in [-0.2, -0.15) is 0 Å². The molecule has 0 aromatic carbocycles. The molecular formula is C9H16O. The molecule has 0 aromatic heterocycles. The van der Waals surface area contributed by atoms with Crippen LogP contribution in [0, 0.1) is 5.92 Å². The third-order valence-electron chi connectivity index (χ3n) is 1.64. The molecule has 0 radical (unpaired) electrons. The molecule has 0 saturated carbocycles. The van der Waals surface area contributed by atoms with Crippen molar-refractivity contribution in [1.29, 1.82) is 0 Å². The summed E-state index contributed by atoms with van der Waals surface area (Å²) >= 11 is 0. The summed E-state index contributed by atoms with van der Waals surface area (Å²) in [6, 6.07) is 0. The lowest BCUT2D eigenvalue weighted by molar-refractivity contribution is -0.107. The Morgan fingerprint density at radius 3 is 2.60 bits per heavy atom. The zero-order valence-electron chi connectivity index (χ0n) is 6.89. The maximum Gasteiger partial charge on any atom is 0.120 e. The lowest BCUT2D eigenvalue weighted by Gasteiger charge is -2.06. The minimum Gasteiger partial charge on any atom is -0.303 e. The van der Waals surface area contributed by atoms with Crippen molar-refractivity contribution in [2.75, 3.05) is 0 Å². The van der Waals surface area contributed by atoms with Crippen LogP contribution in [0.25, 0.3) is 0 Å². The van der Waals surface area contributed by atoms with Crippen molar-refractivity contribution >= 4 is 6.29 Å². The molecule has 0 heterocycles. The van der Waals surface area contributed by atoms with Gasteiger partial charge in [0.2, 0.25) is 0 Å². The molecule has 0 bridgehead atoms. The quantitative estimate of drug-likeness (QED) is 0.326. The molecule has 10 heavy (non-hydrogen) atoms. The largest absolute Gasteiger partial charge is 0.303 e. The van der Waals surface area contributed by atoms with Crippen LogP contribution in [0.2, 0.25) is 0 Å². The van der Waals surface area contributed by atoms with Crippen LogP contribution in [0.1, 0.15) is 33.1 Å². The van der Waals surface area contributed by atoms with Crippen LogP contribution < -0.4 is 0 Å². The van der Waals surface area contributed by atoms with E-state index in [1.165, 1.54) is 5.57 Å². The van der Waals surface area contributed by atoms with E-state index in [4.69, 9.17) is 0 Å². The second-order valence-electron chi connectivity index (χ2n) is 2.87. The number of allylic oxidation sites excluding steroid dienone is 1. The fourth-order valence-corrected chi connectivity index (χ4v) is 0.701. The van der Waals surface area contributed by atoms with Crippen LogP contribution in [0.3, 0.4) is 0 Å². The van der Waals surface area contributed by atoms with Crippen LogP contribution in [0.4, 0.5) is 0 Å². The summed E-state index contributed by atoms with van der Waals surface area (Å²) in [6.45, 7) is 8.17. The third-order valence-corrected chi connectivity index (χ3v) is 1.64. The highest BCUT2D eigenvalue weighted by molar-refractivity contribution is 5.49. The van der Waals surface area contributed by atoms with E-state index in [9.17, 15) is 4.79 Å². The van der Waals surface area contributed by atoms with Crippen molar-refractivity contribution in [3.8, 4) is 0 Å². The van der Waals surface area contributed by atoms with Gasteiger partial charge in [-0.15, -0.1) is 0 Å². The first kappa shape index (κ1) is 9.41. The van der Waals surface area contributed by atoms with Crippen molar-refractivity contribution in [3.05, 3.63) is 12.2 Å². The lowest BCUT2D eigenvalue weighted by Crippen LogP contribution is -1.92. The minimum atomic E-state index is 0.562. The van der Waals surface area contributed by atoms with Crippen LogP contribution in [-0.4, -0.2) is 6.29 Å². The van der Waals surface area contributed by atoms with Gasteiger partial charge in [-0.1, -0.05) is 26.0 Å². The molecule has 0 fully saturated rings. The smallest absolute Gasteiger partial charge is 0.120 e. The fraction of sp³-hybridized carbons (Fsp3) is 0.667. The molecule has 0 saturated heterocycles. The van der Waals surface area contributed by atoms with E-state index in [0.717, 1.165) is 19.1 Å². The molecule has 0 aromatic rings. The Labute approximate surface area is 63.1 Å². The Morgan fingerprint density at radius 2 is 2.20 bits per heavy atom. The van der Waals surface area contributed by atoms with Gasteiger partial charge >= 0.3 is 0 Å². The highest BCUT2D eigenvalue weighted by Gasteiger charge is 1.98. The number of rotatable bonds is 5. The Morgan fingerprint density at radius 1 is 1.60 bits per heavy atom. The van der Waals surface area contributed by atoms with Crippen LogP contribution >= 0.6 is 0 Å². The monoisotopic (exact) mass is 140 g/mol. The van der Waals surface area contributed by atoms with E-state index in [1.807, 2.05) is 0 Å². The zero-order valence-corrected chi connectivity index (χ0v) is 6.89.